The highest BCUT2D eigenvalue weighted by molar-refractivity contribution is 6.01. The number of hydrogen-bond acceptors (Lipinski definition) is 3. The fraction of sp³-hybridized carbons (Fsp3) is 0.625. The van der Waals surface area contributed by atoms with Crippen LogP contribution in [0.2, 0.25) is 0 Å². The molecule has 0 saturated heterocycles. The van der Waals surface area contributed by atoms with E-state index in [2.05, 4.69) is 5.10 Å². The van der Waals surface area contributed by atoms with Gasteiger partial charge in [-0.15, -0.1) is 0 Å². The summed E-state index contributed by atoms with van der Waals surface area (Å²) >= 11 is 0. The zero-order chi connectivity index (χ0) is 15.2. The van der Waals surface area contributed by atoms with E-state index in [0.29, 0.717) is 6.92 Å². The number of hydrogen-bond donors (Lipinski definition) is 1. The lowest BCUT2D eigenvalue weighted by Crippen LogP contribution is -2.53. The third-order valence-electron chi connectivity index (χ3n) is 2.42. The second-order valence-electron chi connectivity index (χ2n) is 3.91. The van der Waals surface area contributed by atoms with Crippen LogP contribution in [0.5, 0.6) is 0 Å². The Morgan fingerprint density at radius 1 is 1.26 bits per heavy atom. The smallest absolute Gasteiger partial charge is 0.473 e. The normalized spacial score (nSPS) is 24.4. The molecule has 1 N–H and O–H groups in total. The molecule has 0 saturated carbocycles. The summed E-state index contributed by atoms with van der Waals surface area (Å²) in [6.07, 6.45) is -12.0. The summed E-state index contributed by atoms with van der Waals surface area (Å²) in [6, 6.07) is 0. The van der Waals surface area contributed by atoms with E-state index in [1.54, 1.807) is 0 Å². The van der Waals surface area contributed by atoms with Crippen LogP contribution < -0.4 is 0 Å². The maximum absolute atomic E-state index is 12.4. The molecule has 5 nitrogen and oxygen atoms in total. The van der Waals surface area contributed by atoms with Gasteiger partial charge in [-0.1, -0.05) is 0 Å². The van der Waals surface area contributed by atoms with Crippen molar-refractivity contribution in [2.75, 3.05) is 0 Å². The molecule has 0 aromatic rings. The highest BCUT2D eigenvalue weighted by Gasteiger charge is 2.59. The van der Waals surface area contributed by atoms with Gasteiger partial charge in [-0.25, -0.2) is 9.80 Å². The van der Waals surface area contributed by atoms with Crippen molar-refractivity contribution in [1.82, 2.24) is 5.01 Å². The fourth-order valence-corrected chi connectivity index (χ4v) is 1.38. The predicted molar refractivity (Wildman–Crippen MR) is 47.0 cm³/mol. The minimum absolute atomic E-state index is 0.557. The van der Waals surface area contributed by atoms with E-state index in [-0.39, 0.29) is 0 Å². The van der Waals surface area contributed by atoms with Gasteiger partial charge in [0, 0.05) is 6.42 Å². The Labute approximate surface area is 101 Å². The number of amides is 1. The molecule has 0 aromatic heterocycles. The van der Waals surface area contributed by atoms with Crippen molar-refractivity contribution in [2.24, 2.45) is 5.10 Å². The lowest BCUT2D eigenvalue weighted by molar-refractivity contribution is -0.193. The van der Waals surface area contributed by atoms with Crippen LogP contribution >= 0.6 is 0 Å². The predicted octanol–water partition coefficient (Wildman–Crippen LogP) is 1.54. The highest BCUT2D eigenvalue weighted by Crippen LogP contribution is 2.36. The third kappa shape index (κ3) is 2.63. The largest absolute Gasteiger partial charge is 0.479 e. The first-order valence-corrected chi connectivity index (χ1v) is 4.59. The number of rotatable bonds is 1. The van der Waals surface area contributed by atoms with Crippen LogP contribution in [0.25, 0.3) is 0 Å². The minimum Gasteiger partial charge on any atom is -0.479 e. The number of carboxylic acid groups (broad SMARTS) is 1. The van der Waals surface area contributed by atoms with Crippen LogP contribution in [-0.2, 0) is 9.59 Å². The van der Waals surface area contributed by atoms with Crippen molar-refractivity contribution in [3.05, 3.63) is 0 Å². The van der Waals surface area contributed by atoms with Gasteiger partial charge in [-0.2, -0.15) is 31.4 Å². The van der Waals surface area contributed by atoms with Gasteiger partial charge in [0.1, 0.15) is 5.71 Å². The number of alkyl halides is 6. The molecule has 0 fully saturated rings. The molecule has 19 heavy (non-hydrogen) atoms. The van der Waals surface area contributed by atoms with Crippen molar-refractivity contribution in [1.29, 1.82) is 0 Å². The van der Waals surface area contributed by atoms with Crippen LogP contribution in [0.15, 0.2) is 5.10 Å². The number of carbonyl (C=O) groups is 2. The van der Waals surface area contributed by atoms with Crippen LogP contribution in [0.3, 0.4) is 0 Å². The van der Waals surface area contributed by atoms with Crippen molar-refractivity contribution < 1.29 is 41.0 Å². The molecule has 108 valence electrons. The molecule has 0 aromatic carbocycles. The van der Waals surface area contributed by atoms with Crippen LogP contribution in [0, 0.1) is 0 Å². The Morgan fingerprint density at radius 3 is 2.05 bits per heavy atom. The monoisotopic (exact) mass is 292 g/mol. The van der Waals surface area contributed by atoms with Crippen molar-refractivity contribution in [2.45, 2.75) is 31.2 Å². The van der Waals surface area contributed by atoms with Gasteiger partial charge in [-0.05, 0) is 6.92 Å². The van der Waals surface area contributed by atoms with Gasteiger partial charge in [0.25, 0.3) is 0 Å². The van der Waals surface area contributed by atoms with Gasteiger partial charge < -0.3 is 5.11 Å². The van der Waals surface area contributed by atoms with E-state index in [1.165, 1.54) is 0 Å². The maximum atomic E-state index is 12.4. The van der Waals surface area contributed by atoms with Gasteiger partial charge in [-0.3, -0.25) is 4.79 Å². The Balaban J connectivity index is 3.27. The van der Waals surface area contributed by atoms with E-state index < -0.39 is 46.9 Å². The maximum Gasteiger partial charge on any atom is 0.473 e. The molecule has 1 amide bonds. The number of carbonyl (C=O) groups excluding carboxylic acids is 1. The number of hydrazone groups is 1. The van der Waals surface area contributed by atoms with Gasteiger partial charge in [0.15, 0.2) is 5.54 Å². The molecule has 1 aliphatic rings. The average Bonchev–Trinajstić information content (AvgIpc) is 2.54. The summed E-state index contributed by atoms with van der Waals surface area (Å²) in [4.78, 5) is 21.8. The minimum atomic E-state index is -5.53. The van der Waals surface area contributed by atoms with Crippen molar-refractivity contribution in [3.8, 4) is 0 Å². The first kappa shape index (κ1) is 15.2. The molecule has 1 unspecified atom stereocenters. The highest BCUT2D eigenvalue weighted by atomic mass is 19.4. The first-order chi connectivity index (χ1) is 8.30. The summed E-state index contributed by atoms with van der Waals surface area (Å²) in [5, 5.41) is 10.5. The second kappa shape index (κ2) is 4.10. The number of carboxylic acids is 1. The topological polar surface area (TPSA) is 70.0 Å². The number of halogens is 6. The lowest BCUT2D eigenvalue weighted by Gasteiger charge is -2.28. The zero-order valence-corrected chi connectivity index (χ0v) is 9.13. The van der Waals surface area contributed by atoms with E-state index in [9.17, 15) is 35.9 Å². The quantitative estimate of drug-likeness (QED) is 0.745. The van der Waals surface area contributed by atoms with Gasteiger partial charge in [0.05, 0.1) is 0 Å². The SMILES string of the molecule is CC1(C(=O)O)CC(C(F)(F)F)=NN1C(=O)C(F)(F)F. The molecule has 1 rings (SSSR count). The van der Waals surface area contributed by atoms with E-state index >= 15 is 0 Å². The summed E-state index contributed by atoms with van der Waals surface area (Å²) in [5.74, 6) is -4.79. The molecule has 0 radical (unpaired) electrons. The van der Waals surface area contributed by atoms with E-state index in [1.807, 2.05) is 0 Å². The fourth-order valence-electron chi connectivity index (χ4n) is 1.38. The Bertz CT molecular complexity index is 454. The van der Waals surface area contributed by atoms with Crippen molar-refractivity contribution >= 4 is 17.6 Å². The second-order valence-corrected chi connectivity index (χ2v) is 3.91. The van der Waals surface area contributed by atoms with Crippen LogP contribution in [-0.4, -0.2) is 45.6 Å². The molecule has 0 aliphatic carbocycles. The molecule has 0 spiro atoms. The van der Waals surface area contributed by atoms with E-state index in [0.717, 1.165) is 0 Å². The summed E-state index contributed by atoms with van der Waals surface area (Å²) in [5.41, 5.74) is -4.48. The average molecular weight is 292 g/mol. The first-order valence-electron chi connectivity index (χ1n) is 4.59. The molecular formula is C8H6F6N2O3. The Hall–Kier alpha value is -1.81. The van der Waals surface area contributed by atoms with Crippen molar-refractivity contribution in [3.63, 3.8) is 0 Å². The standard InChI is InChI=1S/C8H6F6N2O3/c1-6(5(18)19)2-3(7(9,10)11)15-16(6)4(17)8(12,13)14/h2H2,1H3,(H,18,19). The molecule has 1 atom stereocenters. The Kier molecular flexibility index (Phi) is 3.29. The van der Waals surface area contributed by atoms with Crippen LogP contribution in [0.4, 0.5) is 26.3 Å². The van der Waals surface area contributed by atoms with Gasteiger partial charge in [0.2, 0.25) is 0 Å². The molecule has 1 aliphatic heterocycles. The van der Waals surface area contributed by atoms with E-state index in [4.69, 9.17) is 5.11 Å². The van der Waals surface area contributed by atoms with Gasteiger partial charge >= 0.3 is 24.2 Å². The summed E-state index contributed by atoms with van der Waals surface area (Å²) < 4.78 is 73.7. The molecule has 1 heterocycles. The number of nitrogens with zero attached hydrogens (tertiary/aromatic N) is 2. The summed E-state index contributed by atoms with van der Waals surface area (Å²) in [6.45, 7) is 0.557. The molecular weight excluding hydrogens is 286 g/mol. The Morgan fingerprint density at radius 2 is 1.74 bits per heavy atom. The zero-order valence-electron chi connectivity index (χ0n) is 9.13. The molecule has 0 bridgehead atoms. The summed E-state index contributed by atoms with van der Waals surface area (Å²) in [7, 11) is 0. The number of aliphatic carboxylic acids is 1. The third-order valence-corrected chi connectivity index (χ3v) is 2.42. The van der Waals surface area contributed by atoms with Crippen LogP contribution in [0.1, 0.15) is 13.3 Å². The molecule has 11 heteroatoms. The lowest BCUT2D eigenvalue weighted by atomic mass is 9.95.